The molecule has 7 heteroatoms. The zero-order chi connectivity index (χ0) is 28.4. The average Bonchev–Trinajstić information content (AvgIpc) is 2.88. The third-order valence-corrected chi connectivity index (χ3v) is 13.4. The summed E-state index contributed by atoms with van der Waals surface area (Å²) in [6, 6.07) is 24.9. The first-order chi connectivity index (χ1) is 18.5. The van der Waals surface area contributed by atoms with Crippen LogP contribution in [0.3, 0.4) is 0 Å². The Bertz CT molecular complexity index is 1240. The van der Waals surface area contributed by atoms with Crippen LogP contribution in [0, 0.1) is 5.92 Å². The highest BCUT2D eigenvalue weighted by Gasteiger charge is 2.50. The fourth-order valence-corrected chi connectivity index (χ4v) is 11.2. The van der Waals surface area contributed by atoms with Crippen molar-refractivity contribution in [3.05, 3.63) is 82.8 Å². The number of nitrogens with zero attached hydrogens (tertiary/aromatic N) is 1. The van der Waals surface area contributed by atoms with E-state index in [1.54, 1.807) is 7.11 Å². The molecule has 0 unspecified atom stereocenters. The first-order valence-corrected chi connectivity index (χ1v) is 16.3. The van der Waals surface area contributed by atoms with Gasteiger partial charge in [-0.3, -0.25) is 4.79 Å². The van der Waals surface area contributed by atoms with Crippen molar-refractivity contribution < 1.29 is 14.0 Å². The number of benzene rings is 3. The van der Waals surface area contributed by atoms with Crippen molar-refractivity contribution in [2.45, 2.75) is 58.2 Å². The highest BCUT2D eigenvalue weighted by atomic mass is 79.9. The van der Waals surface area contributed by atoms with Crippen molar-refractivity contribution in [3.63, 3.8) is 0 Å². The Labute approximate surface area is 243 Å². The first-order valence-electron chi connectivity index (χ1n) is 13.6. The van der Waals surface area contributed by atoms with Crippen LogP contribution in [0.25, 0.3) is 0 Å². The summed E-state index contributed by atoms with van der Waals surface area (Å²) in [6.07, 6.45) is 0.650. The van der Waals surface area contributed by atoms with Gasteiger partial charge in [-0.1, -0.05) is 95.3 Å². The van der Waals surface area contributed by atoms with Crippen LogP contribution >= 0.6 is 15.9 Å². The zero-order valence-corrected chi connectivity index (χ0v) is 26.7. The van der Waals surface area contributed by atoms with Crippen LogP contribution in [-0.4, -0.2) is 47.1 Å². The molecule has 1 heterocycles. The Kier molecular flexibility index (Phi) is 8.94. The van der Waals surface area contributed by atoms with Gasteiger partial charge in [0.15, 0.2) is 0 Å². The van der Waals surface area contributed by atoms with E-state index in [2.05, 4.69) is 127 Å². The fourth-order valence-electron chi connectivity index (χ4n) is 6.00. The fraction of sp³-hybridized carbons (Fsp3) is 0.406. The summed E-state index contributed by atoms with van der Waals surface area (Å²) in [5.41, 5.74) is 2.16. The van der Waals surface area contributed by atoms with Crippen LogP contribution in [0.2, 0.25) is 5.04 Å². The van der Waals surface area contributed by atoms with Crippen LogP contribution < -0.4 is 25.3 Å². The Balaban J connectivity index is 1.78. The van der Waals surface area contributed by atoms with Crippen LogP contribution in [0.1, 0.15) is 40.2 Å². The number of anilines is 1. The van der Waals surface area contributed by atoms with Crippen molar-refractivity contribution in [2.75, 3.05) is 25.7 Å². The number of carbonyl (C=O) groups excluding carboxylic acids is 1. The van der Waals surface area contributed by atoms with E-state index in [0.717, 1.165) is 21.5 Å². The van der Waals surface area contributed by atoms with E-state index in [9.17, 15) is 4.79 Å². The summed E-state index contributed by atoms with van der Waals surface area (Å²) in [7, 11) is 0.920. The molecule has 3 aromatic rings. The van der Waals surface area contributed by atoms with Gasteiger partial charge in [-0.05, 0) is 55.3 Å². The van der Waals surface area contributed by atoms with Crippen molar-refractivity contribution in [2.24, 2.45) is 5.92 Å². The third kappa shape index (κ3) is 5.81. The standard InChI is InChI=1S/C32H41BrN2O3Si/c1-22(2)30-31(36)34-24(18-23-19-27(33)29(37-7)20-28(23)35(30)6)21-38-39(32(3,4)5,25-14-10-8-11-15-25)26-16-12-9-13-17-26/h8-17,19-20,22,24,30H,18,21H2,1-7H3,(H,34,36)/t24-,30-/m0/s1. The normalized spacial score (nSPS) is 18.3. The van der Waals surface area contributed by atoms with Crippen molar-refractivity contribution in [1.82, 2.24) is 5.32 Å². The number of fused-ring (bicyclic) bond motifs is 1. The van der Waals surface area contributed by atoms with Gasteiger partial charge in [-0.2, -0.15) is 0 Å². The lowest BCUT2D eigenvalue weighted by Gasteiger charge is -2.44. The number of likely N-dealkylation sites (N-methyl/N-ethyl adjacent to an activating group) is 1. The largest absolute Gasteiger partial charge is 0.495 e. The second-order valence-electron chi connectivity index (χ2n) is 11.8. The number of ether oxygens (including phenoxy) is 1. The van der Waals surface area contributed by atoms with Crippen LogP contribution in [0.4, 0.5) is 5.69 Å². The predicted molar refractivity (Wildman–Crippen MR) is 167 cm³/mol. The van der Waals surface area contributed by atoms with E-state index in [-0.39, 0.29) is 28.9 Å². The number of hydrogen-bond acceptors (Lipinski definition) is 4. The summed E-state index contributed by atoms with van der Waals surface area (Å²) in [6.45, 7) is 11.4. The van der Waals surface area contributed by atoms with Gasteiger partial charge in [-0.25, -0.2) is 0 Å². The lowest BCUT2D eigenvalue weighted by Crippen LogP contribution is -2.67. The summed E-state index contributed by atoms with van der Waals surface area (Å²) < 4.78 is 13.8. The van der Waals surface area contributed by atoms with E-state index in [0.29, 0.717) is 13.0 Å². The molecule has 0 spiro atoms. The number of amides is 1. The molecule has 39 heavy (non-hydrogen) atoms. The van der Waals surface area contributed by atoms with Gasteiger partial charge in [-0.15, -0.1) is 0 Å². The number of rotatable bonds is 7. The van der Waals surface area contributed by atoms with Crippen molar-refractivity contribution in [1.29, 1.82) is 0 Å². The lowest BCUT2D eigenvalue weighted by atomic mass is 9.95. The molecule has 0 bridgehead atoms. The second-order valence-corrected chi connectivity index (χ2v) is 17.0. The Morgan fingerprint density at radius 1 is 1.03 bits per heavy atom. The molecule has 4 rings (SSSR count). The second kappa shape index (κ2) is 11.9. The quantitative estimate of drug-likeness (QED) is 0.358. The maximum Gasteiger partial charge on any atom is 0.261 e. The number of nitrogens with one attached hydrogen (secondary N) is 1. The molecule has 5 nitrogen and oxygen atoms in total. The Morgan fingerprint density at radius 3 is 2.08 bits per heavy atom. The molecule has 2 atom stereocenters. The molecule has 208 valence electrons. The highest BCUT2D eigenvalue weighted by Crippen LogP contribution is 2.38. The molecule has 1 aliphatic heterocycles. The number of methoxy groups -OCH3 is 1. The summed E-state index contributed by atoms with van der Waals surface area (Å²) in [5.74, 6) is 0.897. The minimum Gasteiger partial charge on any atom is -0.495 e. The highest BCUT2D eigenvalue weighted by molar-refractivity contribution is 9.10. The molecular formula is C32H41BrN2O3Si. The third-order valence-electron chi connectivity index (χ3n) is 7.78. The summed E-state index contributed by atoms with van der Waals surface area (Å²) in [4.78, 5) is 15.8. The Morgan fingerprint density at radius 2 is 1.59 bits per heavy atom. The molecule has 0 saturated heterocycles. The number of carbonyl (C=O) groups is 1. The zero-order valence-electron chi connectivity index (χ0n) is 24.1. The molecule has 3 aromatic carbocycles. The van der Waals surface area contributed by atoms with Crippen molar-refractivity contribution >= 4 is 46.2 Å². The average molecular weight is 610 g/mol. The van der Waals surface area contributed by atoms with Gasteiger partial charge in [0.05, 0.1) is 24.2 Å². The summed E-state index contributed by atoms with van der Waals surface area (Å²) in [5, 5.41) is 5.68. The first kappa shape index (κ1) is 29.4. The van der Waals surface area contributed by atoms with Crippen LogP contribution in [-0.2, 0) is 15.6 Å². The molecule has 0 aromatic heterocycles. The predicted octanol–water partition coefficient (Wildman–Crippen LogP) is 5.54. The monoisotopic (exact) mass is 608 g/mol. The van der Waals surface area contributed by atoms with Gasteiger partial charge >= 0.3 is 0 Å². The maximum absolute atomic E-state index is 13.7. The molecule has 1 N–H and O–H groups in total. The van der Waals surface area contributed by atoms with Crippen LogP contribution in [0.5, 0.6) is 5.75 Å². The molecule has 1 aliphatic rings. The van der Waals surface area contributed by atoms with Gasteiger partial charge in [0, 0.05) is 18.8 Å². The Hall–Kier alpha value is -2.61. The van der Waals surface area contributed by atoms with E-state index >= 15 is 0 Å². The minimum atomic E-state index is -2.74. The molecule has 1 amide bonds. The van der Waals surface area contributed by atoms with Gasteiger partial charge in [0.25, 0.3) is 8.32 Å². The van der Waals surface area contributed by atoms with E-state index in [1.807, 2.05) is 13.1 Å². The topological polar surface area (TPSA) is 50.8 Å². The van der Waals surface area contributed by atoms with Gasteiger partial charge in [0.2, 0.25) is 5.91 Å². The van der Waals surface area contributed by atoms with E-state index in [1.165, 1.54) is 10.4 Å². The van der Waals surface area contributed by atoms with Crippen molar-refractivity contribution in [3.8, 4) is 5.75 Å². The molecule has 0 aliphatic carbocycles. The molecule has 0 fully saturated rings. The molecule has 0 radical (unpaired) electrons. The van der Waals surface area contributed by atoms with Gasteiger partial charge < -0.3 is 19.4 Å². The number of hydrogen-bond donors (Lipinski definition) is 1. The molecule has 0 saturated carbocycles. The number of halogens is 1. The summed E-state index contributed by atoms with van der Waals surface area (Å²) >= 11 is 3.68. The maximum atomic E-state index is 13.7. The minimum absolute atomic E-state index is 0.0242. The van der Waals surface area contributed by atoms with Crippen LogP contribution in [0.15, 0.2) is 77.3 Å². The SMILES string of the molecule is COc1cc2c(cc1Br)C[C@@H](CO[Si](c1ccccc1)(c1ccccc1)C(C)(C)C)NC(=O)[C@H](C(C)C)N2C. The van der Waals surface area contributed by atoms with E-state index < -0.39 is 8.32 Å². The van der Waals surface area contributed by atoms with Gasteiger partial charge in [0.1, 0.15) is 11.8 Å². The van der Waals surface area contributed by atoms with E-state index in [4.69, 9.17) is 9.16 Å². The lowest BCUT2D eigenvalue weighted by molar-refractivity contribution is -0.124. The molecular weight excluding hydrogens is 568 g/mol. The smallest absolute Gasteiger partial charge is 0.261 e.